The van der Waals surface area contributed by atoms with Gasteiger partial charge in [0.2, 0.25) is 11.8 Å². The summed E-state index contributed by atoms with van der Waals surface area (Å²) in [6.45, 7) is 7.56. The van der Waals surface area contributed by atoms with Crippen LogP contribution in [0.3, 0.4) is 0 Å². The summed E-state index contributed by atoms with van der Waals surface area (Å²) in [5, 5.41) is 16.9. The SMILES string of the molecule is CCCCCCCCCCCCCCN(CCCCCCCCCCCCCC)C(=O)CCC(=O)NCCNC(=O)N(S)CCNC(=O)N(S)CCNC(=O)N(S)CCNC(=S)NC. The number of nitrogens with zero attached hydrogens (tertiary/aromatic N) is 4. The Balaban J connectivity index is 4.44. The lowest BCUT2D eigenvalue weighted by molar-refractivity contribution is -0.133. The molecular weight excluding hydrogens is 889 g/mol. The lowest BCUT2D eigenvalue weighted by Crippen LogP contribution is -2.45. The van der Waals surface area contributed by atoms with Crippen LogP contribution in [0, 0.1) is 0 Å². The summed E-state index contributed by atoms with van der Waals surface area (Å²) in [7, 11) is 1.69. The maximum absolute atomic E-state index is 13.3. The fraction of sp³-hybridized carbons (Fsp3) is 0.867. The second-order valence-corrected chi connectivity index (χ2v) is 18.4. The predicted octanol–water partition coefficient (Wildman–Crippen LogP) is 8.78. The van der Waals surface area contributed by atoms with E-state index in [9.17, 15) is 24.0 Å². The van der Waals surface area contributed by atoms with Crippen molar-refractivity contribution in [3.05, 3.63) is 0 Å². The third kappa shape index (κ3) is 37.7. The van der Waals surface area contributed by atoms with E-state index in [2.05, 4.69) is 84.2 Å². The van der Waals surface area contributed by atoms with Crippen LogP contribution in [0.4, 0.5) is 14.4 Å². The number of thiocarbonyl (C=S) groups is 1. The zero-order chi connectivity index (χ0) is 47.5. The highest BCUT2D eigenvalue weighted by Crippen LogP contribution is 2.15. The smallest absolute Gasteiger partial charge is 0.327 e. The average Bonchev–Trinajstić information content (AvgIpc) is 3.28. The number of unbranched alkanes of at least 4 members (excludes halogenated alkanes) is 22. The molecular formula is C45H90N10O5S4. The summed E-state index contributed by atoms with van der Waals surface area (Å²) in [6, 6.07) is -1.43. The first-order valence-corrected chi connectivity index (χ1v) is 26.3. The zero-order valence-corrected chi connectivity index (χ0v) is 43.5. The topological polar surface area (TPSA) is 170 Å². The monoisotopic (exact) mass is 979 g/mol. The van der Waals surface area contributed by atoms with Crippen molar-refractivity contribution in [2.24, 2.45) is 0 Å². The molecule has 0 aromatic heterocycles. The summed E-state index contributed by atoms with van der Waals surface area (Å²) in [5.41, 5.74) is 0. The van der Waals surface area contributed by atoms with E-state index in [0.717, 1.165) is 47.4 Å². The molecule has 0 aliphatic heterocycles. The van der Waals surface area contributed by atoms with Gasteiger partial charge in [-0.3, -0.25) is 22.5 Å². The molecule has 64 heavy (non-hydrogen) atoms. The van der Waals surface area contributed by atoms with E-state index in [1.54, 1.807) is 7.05 Å². The van der Waals surface area contributed by atoms with Gasteiger partial charge in [-0.25, -0.2) is 14.4 Å². The van der Waals surface area contributed by atoms with Gasteiger partial charge in [-0.2, -0.15) is 0 Å². The van der Waals surface area contributed by atoms with Gasteiger partial charge in [0.25, 0.3) is 0 Å². The van der Waals surface area contributed by atoms with Gasteiger partial charge in [0.05, 0.1) is 19.6 Å². The Morgan fingerprint density at radius 3 is 1.08 bits per heavy atom. The second kappa shape index (κ2) is 44.3. The largest absolute Gasteiger partial charge is 0.366 e. The molecule has 0 aromatic carbocycles. The Morgan fingerprint density at radius 2 is 0.719 bits per heavy atom. The van der Waals surface area contributed by atoms with Crippen LogP contribution in [0.25, 0.3) is 0 Å². The number of rotatable bonds is 41. The molecule has 0 unspecified atom stereocenters. The number of carbonyl (C=O) groups is 5. The fourth-order valence-corrected chi connectivity index (χ4v) is 7.58. The Labute approximate surface area is 410 Å². The van der Waals surface area contributed by atoms with Crippen LogP contribution in [-0.2, 0) is 9.59 Å². The zero-order valence-electron chi connectivity index (χ0n) is 40.0. The van der Waals surface area contributed by atoms with Gasteiger partial charge in [0, 0.05) is 65.7 Å². The molecule has 0 atom stereocenters. The number of amides is 8. The van der Waals surface area contributed by atoms with Crippen LogP contribution in [0.15, 0.2) is 0 Å². The van der Waals surface area contributed by atoms with Crippen molar-refractivity contribution < 1.29 is 24.0 Å². The highest BCUT2D eigenvalue weighted by molar-refractivity contribution is 7.80. The molecule has 0 heterocycles. The van der Waals surface area contributed by atoms with Gasteiger partial charge < -0.3 is 36.8 Å². The van der Waals surface area contributed by atoms with Gasteiger partial charge in [0.1, 0.15) is 0 Å². The van der Waals surface area contributed by atoms with Gasteiger partial charge in [-0.1, -0.05) is 194 Å². The minimum atomic E-state index is -0.509. The highest BCUT2D eigenvalue weighted by atomic mass is 32.1. The first-order valence-electron chi connectivity index (χ1n) is 24.7. The summed E-state index contributed by atoms with van der Waals surface area (Å²) >= 11 is 17.5. The van der Waals surface area contributed by atoms with Crippen molar-refractivity contribution in [2.75, 3.05) is 72.5 Å². The van der Waals surface area contributed by atoms with Crippen molar-refractivity contribution in [1.82, 2.24) is 49.7 Å². The molecule has 0 aliphatic carbocycles. The predicted molar refractivity (Wildman–Crippen MR) is 278 cm³/mol. The molecule has 0 radical (unpaired) electrons. The molecule has 0 aromatic rings. The Hall–Kier alpha value is -2.51. The lowest BCUT2D eigenvalue weighted by Gasteiger charge is -2.23. The van der Waals surface area contributed by atoms with E-state index < -0.39 is 18.1 Å². The number of urea groups is 3. The molecule has 15 nitrogen and oxygen atoms in total. The van der Waals surface area contributed by atoms with Gasteiger partial charge in [-0.05, 0) is 25.1 Å². The Morgan fingerprint density at radius 1 is 0.406 bits per heavy atom. The van der Waals surface area contributed by atoms with Crippen molar-refractivity contribution in [3.8, 4) is 0 Å². The van der Waals surface area contributed by atoms with Gasteiger partial charge in [0.15, 0.2) is 5.11 Å². The van der Waals surface area contributed by atoms with Gasteiger partial charge in [-0.15, -0.1) is 0 Å². The van der Waals surface area contributed by atoms with Crippen LogP contribution in [0.5, 0.6) is 0 Å². The summed E-state index contributed by atoms with van der Waals surface area (Å²) in [6.07, 6.45) is 30.9. The number of thiol groups is 3. The molecule has 6 N–H and O–H groups in total. The van der Waals surface area contributed by atoms with Crippen molar-refractivity contribution in [2.45, 2.75) is 181 Å². The molecule has 0 spiro atoms. The van der Waals surface area contributed by atoms with E-state index in [-0.39, 0.29) is 63.9 Å². The van der Waals surface area contributed by atoms with E-state index in [1.165, 1.54) is 133 Å². The van der Waals surface area contributed by atoms with Crippen LogP contribution in [0.2, 0.25) is 0 Å². The molecule has 0 saturated carbocycles. The van der Waals surface area contributed by atoms with E-state index in [1.807, 2.05) is 4.90 Å². The third-order valence-corrected chi connectivity index (χ3v) is 12.4. The number of hydrogen-bond donors (Lipinski definition) is 9. The summed E-state index contributed by atoms with van der Waals surface area (Å²) in [5.74, 6) is -0.193. The molecule has 8 amide bonds. The Kier molecular flexibility index (Phi) is 42.6. The average molecular weight is 980 g/mol. The minimum absolute atomic E-state index is 0.0380. The highest BCUT2D eigenvalue weighted by Gasteiger charge is 2.16. The lowest BCUT2D eigenvalue weighted by atomic mass is 10.0. The maximum Gasteiger partial charge on any atom is 0.327 e. The summed E-state index contributed by atoms with van der Waals surface area (Å²) < 4.78 is 3.41. The van der Waals surface area contributed by atoms with Crippen LogP contribution in [0.1, 0.15) is 181 Å². The first-order chi connectivity index (χ1) is 31.0. The molecule has 19 heteroatoms. The number of hydrogen-bond acceptors (Lipinski definition) is 9. The van der Waals surface area contributed by atoms with Crippen molar-refractivity contribution >= 4 is 85.7 Å². The van der Waals surface area contributed by atoms with Crippen molar-refractivity contribution in [3.63, 3.8) is 0 Å². The molecule has 0 rings (SSSR count). The number of carbonyl (C=O) groups excluding carboxylic acids is 5. The summed E-state index contributed by atoms with van der Waals surface area (Å²) in [4.78, 5) is 65.0. The maximum atomic E-state index is 13.3. The fourth-order valence-electron chi connectivity index (χ4n) is 6.97. The van der Waals surface area contributed by atoms with Crippen LogP contribution in [-0.4, -0.2) is 125 Å². The minimum Gasteiger partial charge on any atom is -0.366 e. The first kappa shape index (κ1) is 61.5. The third-order valence-electron chi connectivity index (χ3n) is 10.9. The molecule has 0 aliphatic rings. The quantitative estimate of drug-likeness (QED) is 0.0166. The van der Waals surface area contributed by atoms with Crippen LogP contribution < -0.4 is 31.9 Å². The number of nitrogens with one attached hydrogen (secondary N) is 6. The van der Waals surface area contributed by atoms with Crippen molar-refractivity contribution in [1.29, 1.82) is 0 Å². The Bertz CT molecular complexity index is 1200. The molecule has 374 valence electrons. The van der Waals surface area contributed by atoms with E-state index in [0.29, 0.717) is 18.2 Å². The second-order valence-electron chi connectivity index (χ2n) is 16.6. The normalized spacial score (nSPS) is 10.8. The molecule has 0 saturated heterocycles. The van der Waals surface area contributed by atoms with Gasteiger partial charge >= 0.3 is 18.1 Å². The van der Waals surface area contributed by atoms with Crippen LogP contribution >= 0.6 is 50.7 Å². The van der Waals surface area contributed by atoms with E-state index >= 15 is 0 Å². The molecule has 0 fully saturated rings. The standard InChI is InChI=1S/C45H90N10O5S4/c1-4-6-8-10-12-14-16-18-20-22-24-26-35-52(36-27-25-23-21-19-17-15-13-11-9-7-5-2)41(57)29-28-40(56)47-30-31-49-43(58)54(63)38-33-51-45(60)55(64)39-34-50-44(59)53(62)37-32-48-42(61)46-3/h62-64H,4-39H2,1-3H3,(H,47,56)(H,49,58)(H,50,59)(H,51,60)(H2,46,48,61). The molecule has 0 bridgehead atoms. The van der Waals surface area contributed by atoms with E-state index in [4.69, 9.17) is 12.2 Å².